The summed E-state index contributed by atoms with van der Waals surface area (Å²) < 4.78 is 30.0. The highest BCUT2D eigenvalue weighted by atomic mass is 19.1. The van der Waals surface area contributed by atoms with E-state index in [1.165, 1.54) is 12.1 Å². The maximum Gasteiger partial charge on any atom is 0.408 e. The molecule has 1 aromatic rings. The Morgan fingerprint density at radius 1 is 1.38 bits per heavy atom. The van der Waals surface area contributed by atoms with E-state index >= 15 is 0 Å². The first-order valence-corrected chi connectivity index (χ1v) is 7.84. The predicted octanol–water partition coefficient (Wildman–Crippen LogP) is 3.35. The molecule has 1 aliphatic rings. The Morgan fingerprint density at radius 3 is 2.71 bits per heavy atom. The van der Waals surface area contributed by atoms with Gasteiger partial charge in [-0.25, -0.2) is 14.0 Å². The molecule has 0 saturated carbocycles. The van der Waals surface area contributed by atoms with Gasteiger partial charge in [-0.15, -0.1) is 0 Å². The molecular weight excluding hydrogens is 317 g/mol. The summed E-state index contributed by atoms with van der Waals surface area (Å²) in [5.74, 6) is -1.04. The third-order valence-electron chi connectivity index (χ3n) is 3.33. The molecule has 1 aliphatic heterocycles. The van der Waals surface area contributed by atoms with Crippen LogP contribution >= 0.6 is 0 Å². The topological polar surface area (TPSA) is 73.9 Å². The normalized spacial score (nSPS) is 16.6. The van der Waals surface area contributed by atoms with Gasteiger partial charge in [0, 0.05) is 6.42 Å². The SMILES string of the molecule is CCOC(=O)c1ccc(F)c2c1OCC[C@@H]2NC(=O)OC(C)(C)C. The van der Waals surface area contributed by atoms with Crippen molar-refractivity contribution < 1.29 is 28.2 Å². The molecule has 0 aromatic heterocycles. The molecule has 0 unspecified atom stereocenters. The van der Waals surface area contributed by atoms with E-state index in [9.17, 15) is 14.0 Å². The number of hydrogen-bond donors (Lipinski definition) is 1. The molecule has 1 aromatic carbocycles. The molecule has 0 saturated heterocycles. The predicted molar refractivity (Wildman–Crippen MR) is 84.6 cm³/mol. The third-order valence-corrected chi connectivity index (χ3v) is 3.33. The van der Waals surface area contributed by atoms with Crippen LogP contribution < -0.4 is 10.1 Å². The lowest BCUT2D eigenvalue weighted by Crippen LogP contribution is -2.37. The highest BCUT2D eigenvalue weighted by molar-refractivity contribution is 5.93. The molecule has 1 amide bonds. The van der Waals surface area contributed by atoms with Crippen LogP contribution in [-0.2, 0) is 9.47 Å². The van der Waals surface area contributed by atoms with Gasteiger partial charge in [0.15, 0.2) is 0 Å². The third kappa shape index (κ3) is 4.15. The fourth-order valence-corrected chi connectivity index (χ4v) is 2.44. The number of ether oxygens (including phenoxy) is 3. The van der Waals surface area contributed by atoms with Gasteiger partial charge < -0.3 is 19.5 Å². The molecule has 1 N–H and O–H groups in total. The van der Waals surface area contributed by atoms with E-state index in [2.05, 4.69) is 5.32 Å². The summed E-state index contributed by atoms with van der Waals surface area (Å²) in [4.78, 5) is 24.0. The van der Waals surface area contributed by atoms with Gasteiger partial charge in [-0.2, -0.15) is 0 Å². The van der Waals surface area contributed by atoms with E-state index in [0.29, 0.717) is 6.42 Å². The van der Waals surface area contributed by atoms with Crippen molar-refractivity contribution in [3.8, 4) is 5.75 Å². The van der Waals surface area contributed by atoms with Crippen LogP contribution in [0.2, 0.25) is 0 Å². The Labute approximate surface area is 140 Å². The first kappa shape index (κ1) is 18.0. The maximum absolute atomic E-state index is 14.3. The Morgan fingerprint density at radius 2 is 2.08 bits per heavy atom. The average Bonchev–Trinajstić information content (AvgIpc) is 2.45. The number of amides is 1. The second-order valence-corrected chi connectivity index (χ2v) is 6.39. The number of alkyl carbamates (subject to hydrolysis) is 1. The second kappa shape index (κ2) is 7.07. The number of halogens is 1. The zero-order valence-corrected chi connectivity index (χ0v) is 14.3. The molecule has 6 nitrogen and oxygen atoms in total. The number of rotatable bonds is 3. The van der Waals surface area contributed by atoms with E-state index in [-0.39, 0.29) is 30.1 Å². The molecule has 0 radical (unpaired) electrons. The quantitative estimate of drug-likeness (QED) is 0.855. The van der Waals surface area contributed by atoms with Gasteiger partial charge in [0.1, 0.15) is 22.7 Å². The van der Waals surface area contributed by atoms with Gasteiger partial charge in [0.05, 0.1) is 24.8 Å². The van der Waals surface area contributed by atoms with Crippen LogP contribution in [0.4, 0.5) is 9.18 Å². The number of nitrogens with one attached hydrogen (secondary N) is 1. The van der Waals surface area contributed by atoms with Crippen molar-refractivity contribution in [1.82, 2.24) is 5.32 Å². The molecule has 7 heteroatoms. The summed E-state index contributed by atoms with van der Waals surface area (Å²) in [5.41, 5.74) is -0.384. The molecule has 1 heterocycles. The molecular formula is C17H22FNO5. The fraction of sp³-hybridized carbons (Fsp3) is 0.529. The molecule has 0 aliphatic carbocycles. The van der Waals surface area contributed by atoms with Crippen LogP contribution in [0.3, 0.4) is 0 Å². The van der Waals surface area contributed by atoms with Crippen LogP contribution in [-0.4, -0.2) is 30.9 Å². The molecule has 0 spiro atoms. The second-order valence-electron chi connectivity index (χ2n) is 6.39. The van der Waals surface area contributed by atoms with Crippen LogP contribution in [0, 0.1) is 5.82 Å². The van der Waals surface area contributed by atoms with E-state index in [0.717, 1.165) is 0 Å². The van der Waals surface area contributed by atoms with Crippen molar-refractivity contribution in [2.75, 3.05) is 13.2 Å². The van der Waals surface area contributed by atoms with E-state index in [1.54, 1.807) is 27.7 Å². The number of carbonyl (C=O) groups excluding carboxylic acids is 2. The molecule has 132 valence electrons. The fourth-order valence-electron chi connectivity index (χ4n) is 2.44. The summed E-state index contributed by atoms with van der Waals surface area (Å²) in [5, 5.41) is 2.64. The lowest BCUT2D eigenvalue weighted by molar-refractivity contribution is 0.0489. The number of carbonyl (C=O) groups is 2. The number of benzene rings is 1. The molecule has 2 rings (SSSR count). The smallest absolute Gasteiger partial charge is 0.408 e. The minimum absolute atomic E-state index is 0.112. The molecule has 24 heavy (non-hydrogen) atoms. The molecule has 0 fully saturated rings. The average molecular weight is 339 g/mol. The largest absolute Gasteiger partial charge is 0.492 e. The molecule has 0 bridgehead atoms. The van der Waals surface area contributed by atoms with E-state index in [1.807, 2.05) is 0 Å². The van der Waals surface area contributed by atoms with Crippen molar-refractivity contribution in [3.63, 3.8) is 0 Å². The van der Waals surface area contributed by atoms with Gasteiger partial charge in [-0.05, 0) is 39.8 Å². The Balaban J connectivity index is 2.30. The van der Waals surface area contributed by atoms with Crippen LogP contribution in [0.15, 0.2) is 12.1 Å². The monoisotopic (exact) mass is 339 g/mol. The first-order chi connectivity index (χ1) is 11.2. The summed E-state index contributed by atoms with van der Waals surface area (Å²) in [6.45, 7) is 7.34. The zero-order chi connectivity index (χ0) is 17.9. The van der Waals surface area contributed by atoms with Gasteiger partial charge >= 0.3 is 12.1 Å². The molecule has 1 atom stereocenters. The minimum Gasteiger partial charge on any atom is -0.492 e. The van der Waals surface area contributed by atoms with Gasteiger partial charge in [0.25, 0.3) is 0 Å². The summed E-state index contributed by atoms with van der Waals surface area (Å²) in [6.07, 6.45) is -0.281. The zero-order valence-electron chi connectivity index (χ0n) is 14.3. The van der Waals surface area contributed by atoms with Crippen molar-refractivity contribution >= 4 is 12.1 Å². The van der Waals surface area contributed by atoms with Crippen LogP contribution in [0.5, 0.6) is 5.75 Å². The summed E-state index contributed by atoms with van der Waals surface area (Å²) in [6, 6.07) is 1.85. The number of hydrogen-bond acceptors (Lipinski definition) is 5. The van der Waals surface area contributed by atoms with Crippen molar-refractivity contribution in [2.24, 2.45) is 0 Å². The Kier molecular flexibility index (Phi) is 5.31. The van der Waals surface area contributed by atoms with E-state index in [4.69, 9.17) is 14.2 Å². The van der Waals surface area contributed by atoms with Crippen molar-refractivity contribution in [2.45, 2.75) is 45.8 Å². The maximum atomic E-state index is 14.3. The van der Waals surface area contributed by atoms with Crippen LogP contribution in [0.1, 0.15) is 56.1 Å². The lowest BCUT2D eigenvalue weighted by atomic mass is 9.97. The van der Waals surface area contributed by atoms with E-state index < -0.39 is 29.5 Å². The highest BCUT2D eigenvalue weighted by Gasteiger charge is 2.32. The van der Waals surface area contributed by atoms with Gasteiger partial charge in [-0.3, -0.25) is 0 Å². The highest BCUT2D eigenvalue weighted by Crippen LogP contribution is 2.37. The minimum atomic E-state index is -0.663. The standard InChI is InChI=1S/C17H22FNO5/c1-5-22-15(20)10-6-7-11(18)13-12(8-9-23-14(10)13)19-16(21)24-17(2,3)4/h6-7,12H,5,8-9H2,1-4H3,(H,19,21)/t12-/m0/s1. The number of fused-ring (bicyclic) bond motifs is 1. The van der Waals surface area contributed by atoms with Crippen molar-refractivity contribution in [1.29, 1.82) is 0 Å². The van der Waals surface area contributed by atoms with Crippen molar-refractivity contribution in [3.05, 3.63) is 29.1 Å². The summed E-state index contributed by atoms with van der Waals surface area (Å²) in [7, 11) is 0. The van der Waals surface area contributed by atoms with Gasteiger partial charge in [0.2, 0.25) is 0 Å². The summed E-state index contributed by atoms with van der Waals surface area (Å²) >= 11 is 0. The van der Waals surface area contributed by atoms with Crippen LogP contribution in [0.25, 0.3) is 0 Å². The Hall–Kier alpha value is -2.31. The lowest BCUT2D eigenvalue weighted by Gasteiger charge is -2.29. The Bertz CT molecular complexity index is 639. The van der Waals surface area contributed by atoms with Gasteiger partial charge in [-0.1, -0.05) is 0 Å². The first-order valence-electron chi connectivity index (χ1n) is 7.84. The number of esters is 1.